The highest BCUT2D eigenvalue weighted by Gasteiger charge is 2.00. The highest BCUT2D eigenvalue weighted by atomic mass is 32.1. The summed E-state index contributed by atoms with van der Waals surface area (Å²) in [5, 5.41) is 8.57. The van der Waals surface area contributed by atoms with Crippen LogP contribution < -0.4 is 5.69 Å². The third-order valence-corrected chi connectivity index (χ3v) is 2.57. The van der Waals surface area contributed by atoms with E-state index in [1.165, 1.54) is 4.57 Å². The second-order valence-electron chi connectivity index (χ2n) is 3.57. The van der Waals surface area contributed by atoms with Crippen LogP contribution in [-0.2, 0) is 6.54 Å². The molecule has 0 unspecified atom stereocenters. The number of aromatic nitrogens is 2. The van der Waals surface area contributed by atoms with Crippen LogP contribution in [0, 0.1) is 10.5 Å². The molecule has 2 N–H and O–H groups in total. The molecule has 0 radical (unpaired) electrons. The summed E-state index contributed by atoms with van der Waals surface area (Å²) in [5.74, 6) is -0.579. The van der Waals surface area contributed by atoms with Gasteiger partial charge in [0.25, 0.3) is 0 Å². The zero-order chi connectivity index (χ0) is 12.0. The van der Waals surface area contributed by atoms with Crippen LogP contribution in [0.15, 0.2) is 11.0 Å². The molecule has 0 saturated carbocycles. The second kappa shape index (κ2) is 6.55. The molecule has 16 heavy (non-hydrogen) atoms. The fraction of sp³-hybridized carbons (Fsp3) is 0.600. The van der Waals surface area contributed by atoms with Crippen LogP contribution in [0.1, 0.15) is 25.7 Å². The summed E-state index contributed by atoms with van der Waals surface area (Å²) >= 11 is 4.60. The van der Waals surface area contributed by atoms with Crippen LogP contribution >= 0.6 is 12.2 Å². The average molecular weight is 246 g/mol. The van der Waals surface area contributed by atoms with Gasteiger partial charge in [-0.2, -0.15) is 0 Å². The van der Waals surface area contributed by atoms with E-state index in [1.54, 1.807) is 0 Å². The minimum Gasteiger partial charge on any atom is -0.396 e. The van der Waals surface area contributed by atoms with Gasteiger partial charge in [0.15, 0.2) is 5.82 Å². The minimum absolute atomic E-state index is 0.151. The maximum Gasteiger partial charge on any atom is 0.326 e. The molecule has 4 nitrogen and oxygen atoms in total. The van der Waals surface area contributed by atoms with Gasteiger partial charge >= 0.3 is 5.69 Å². The number of aliphatic hydroxyl groups is 1. The van der Waals surface area contributed by atoms with E-state index < -0.39 is 5.82 Å². The first-order valence-electron chi connectivity index (χ1n) is 5.25. The number of unbranched alkanes of at least 4 members (excludes halogenated alkanes) is 3. The molecule has 0 aliphatic carbocycles. The smallest absolute Gasteiger partial charge is 0.326 e. The van der Waals surface area contributed by atoms with E-state index in [1.807, 2.05) is 0 Å². The van der Waals surface area contributed by atoms with Crippen LogP contribution in [0.4, 0.5) is 4.39 Å². The van der Waals surface area contributed by atoms with Crippen LogP contribution in [-0.4, -0.2) is 21.3 Å². The van der Waals surface area contributed by atoms with Crippen LogP contribution in [0.25, 0.3) is 0 Å². The summed E-state index contributed by atoms with van der Waals surface area (Å²) in [6.45, 7) is 0.653. The number of rotatable bonds is 6. The van der Waals surface area contributed by atoms with Crippen LogP contribution in [0.3, 0.4) is 0 Å². The molecule has 1 aromatic rings. The van der Waals surface area contributed by atoms with Crippen LogP contribution in [0.5, 0.6) is 0 Å². The Kier molecular flexibility index (Phi) is 5.34. The molecule has 6 heteroatoms. The predicted octanol–water partition coefficient (Wildman–Crippen LogP) is 1.60. The third-order valence-electron chi connectivity index (χ3n) is 2.27. The number of aryl methyl sites for hydroxylation is 1. The maximum absolute atomic E-state index is 13.1. The summed E-state index contributed by atoms with van der Waals surface area (Å²) in [6.07, 6.45) is 4.50. The number of hydrogen-bond donors (Lipinski definition) is 2. The lowest BCUT2D eigenvalue weighted by molar-refractivity contribution is 0.282. The number of H-pyrrole nitrogens is 1. The molecule has 1 heterocycles. The van der Waals surface area contributed by atoms with E-state index >= 15 is 0 Å². The third kappa shape index (κ3) is 3.86. The quantitative estimate of drug-likeness (QED) is 0.592. The van der Waals surface area contributed by atoms with Gasteiger partial charge in [-0.1, -0.05) is 25.1 Å². The zero-order valence-corrected chi connectivity index (χ0v) is 9.73. The topological polar surface area (TPSA) is 58.0 Å². The standard InChI is InChI=1S/C10H15FN2O2S/c11-8-7-13(10(15)12-9(8)16)5-3-1-2-4-6-14/h7,14H,1-6H2,(H,12,15,16). The van der Waals surface area contributed by atoms with Crippen molar-refractivity contribution in [2.45, 2.75) is 32.2 Å². The van der Waals surface area contributed by atoms with Gasteiger partial charge in [0.2, 0.25) is 0 Å². The van der Waals surface area contributed by atoms with Gasteiger partial charge in [0.1, 0.15) is 4.64 Å². The number of nitrogens with one attached hydrogen (secondary N) is 1. The Morgan fingerprint density at radius 2 is 2.06 bits per heavy atom. The normalized spacial score (nSPS) is 10.6. The number of halogens is 1. The largest absolute Gasteiger partial charge is 0.396 e. The Morgan fingerprint density at radius 3 is 2.75 bits per heavy atom. The van der Waals surface area contributed by atoms with Crippen molar-refractivity contribution in [1.82, 2.24) is 9.55 Å². The summed E-state index contributed by atoms with van der Waals surface area (Å²) in [4.78, 5) is 13.6. The zero-order valence-electron chi connectivity index (χ0n) is 8.91. The van der Waals surface area contributed by atoms with Gasteiger partial charge < -0.3 is 5.11 Å². The Hall–Kier alpha value is -1.01. The second-order valence-corrected chi connectivity index (χ2v) is 3.98. The highest BCUT2D eigenvalue weighted by molar-refractivity contribution is 7.71. The molecule has 90 valence electrons. The van der Waals surface area contributed by atoms with Crippen molar-refractivity contribution in [1.29, 1.82) is 0 Å². The molecule has 0 spiro atoms. The van der Waals surface area contributed by atoms with E-state index in [-0.39, 0.29) is 16.9 Å². The van der Waals surface area contributed by atoms with Gasteiger partial charge in [0.05, 0.1) is 0 Å². The van der Waals surface area contributed by atoms with Crippen molar-refractivity contribution in [2.24, 2.45) is 0 Å². The van der Waals surface area contributed by atoms with E-state index in [2.05, 4.69) is 17.2 Å². The molecule has 0 atom stereocenters. The lowest BCUT2D eigenvalue weighted by Gasteiger charge is -2.04. The molecule has 0 saturated heterocycles. The highest BCUT2D eigenvalue weighted by Crippen LogP contribution is 2.01. The summed E-state index contributed by atoms with van der Waals surface area (Å²) in [5.41, 5.74) is -0.381. The molecule has 0 aromatic carbocycles. The first-order chi connectivity index (χ1) is 7.65. The Balaban J connectivity index is 2.51. The van der Waals surface area contributed by atoms with Crippen molar-refractivity contribution in [2.75, 3.05) is 6.61 Å². The molecular weight excluding hydrogens is 231 g/mol. The summed E-state index contributed by atoms with van der Waals surface area (Å²) in [6, 6.07) is 0. The number of aliphatic hydroxyl groups excluding tert-OH is 1. The van der Waals surface area contributed by atoms with Crippen molar-refractivity contribution in [3.63, 3.8) is 0 Å². The first kappa shape index (κ1) is 13.1. The molecule has 1 rings (SSSR count). The molecule has 0 aliphatic rings. The average Bonchev–Trinajstić information content (AvgIpc) is 2.25. The molecule has 0 bridgehead atoms. The molecule has 0 amide bonds. The lowest BCUT2D eigenvalue weighted by atomic mass is 10.2. The van der Waals surface area contributed by atoms with Gasteiger partial charge in [-0.05, 0) is 12.8 Å². The number of nitrogens with zero attached hydrogens (tertiary/aromatic N) is 1. The summed E-state index contributed by atoms with van der Waals surface area (Å²) in [7, 11) is 0. The summed E-state index contributed by atoms with van der Waals surface area (Å²) < 4.78 is 14.2. The SMILES string of the molecule is O=c1[nH]c(=S)c(F)cn1CCCCCCO. The fourth-order valence-corrected chi connectivity index (χ4v) is 1.54. The van der Waals surface area contributed by atoms with Gasteiger partial charge in [-0.25, -0.2) is 9.18 Å². The van der Waals surface area contributed by atoms with E-state index in [4.69, 9.17) is 5.11 Å². The molecular formula is C10H15FN2O2S. The van der Waals surface area contributed by atoms with Gasteiger partial charge in [-0.3, -0.25) is 9.55 Å². The maximum atomic E-state index is 13.1. The van der Waals surface area contributed by atoms with E-state index in [9.17, 15) is 9.18 Å². The van der Waals surface area contributed by atoms with E-state index in [0.717, 1.165) is 31.9 Å². The number of hydrogen-bond acceptors (Lipinski definition) is 3. The Bertz CT molecular complexity index is 441. The fourth-order valence-electron chi connectivity index (χ4n) is 1.40. The van der Waals surface area contributed by atoms with Gasteiger partial charge in [-0.15, -0.1) is 0 Å². The molecule has 0 fully saturated rings. The van der Waals surface area contributed by atoms with Crippen LogP contribution in [0.2, 0.25) is 0 Å². The van der Waals surface area contributed by atoms with Gasteiger partial charge in [0, 0.05) is 19.3 Å². The van der Waals surface area contributed by atoms with Crippen molar-refractivity contribution in [3.05, 3.63) is 27.1 Å². The lowest BCUT2D eigenvalue weighted by Crippen LogP contribution is -2.23. The van der Waals surface area contributed by atoms with Crippen molar-refractivity contribution < 1.29 is 9.50 Å². The molecule has 1 aromatic heterocycles. The van der Waals surface area contributed by atoms with Crippen molar-refractivity contribution in [3.8, 4) is 0 Å². The monoisotopic (exact) mass is 246 g/mol. The minimum atomic E-state index is -0.579. The number of aromatic amines is 1. The molecule has 0 aliphatic heterocycles. The Labute approximate surface area is 97.8 Å². The first-order valence-corrected chi connectivity index (χ1v) is 5.66. The van der Waals surface area contributed by atoms with E-state index in [0.29, 0.717) is 6.54 Å². The van der Waals surface area contributed by atoms with Crippen molar-refractivity contribution >= 4 is 12.2 Å². The Morgan fingerprint density at radius 1 is 1.38 bits per heavy atom. The predicted molar refractivity (Wildman–Crippen MR) is 61.4 cm³/mol.